The van der Waals surface area contributed by atoms with Crippen LogP contribution in [0.5, 0.6) is 0 Å². The second-order valence-electron chi connectivity index (χ2n) is 13.2. The number of benzene rings is 2. The number of carbonyl (C=O) groups is 4. The second kappa shape index (κ2) is 25.8. The van der Waals surface area contributed by atoms with E-state index in [1.165, 1.54) is 103 Å². The van der Waals surface area contributed by atoms with Gasteiger partial charge >= 0.3 is 5.97 Å². The Kier molecular flexibility index (Phi) is 22.0. The largest absolute Gasteiger partial charge is 0.465 e. The van der Waals surface area contributed by atoms with E-state index in [1.54, 1.807) is 24.3 Å². The third-order valence-corrected chi connectivity index (χ3v) is 9.33. The fourth-order valence-corrected chi connectivity index (χ4v) is 6.51. The minimum Gasteiger partial charge on any atom is -0.465 e. The van der Waals surface area contributed by atoms with E-state index >= 15 is 0 Å². The quantitative estimate of drug-likeness (QED) is 0.0402. The molecule has 0 aliphatic rings. The number of esters is 1. The first-order chi connectivity index (χ1) is 23.5. The molecule has 0 saturated carbocycles. The van der Waals surface area contributed by atoms with Gasteiger partial charge in [0.15, 0.2) is 5.78 Å². The first-order valence-electron chi connectivity index (χ1n) is 19.0. The van der Waals surface area contributed by atoms with Crippen LogP contribution >= 0.6 is 0 Å². The number of rotatable bonds is 29. The maximum absolute atomic E-state index is 13.6. The van der Waals surface area contributed by atoms with Crippen molar-refractivity contribution in [3.05, 3.63) is 46.5 Å². The van der Waals surface area contributed by atoms with Crippen molar-refractivity contribution in [2.75, 3.05) is 13.7 Å². The summed E-state index contributed by atoms with van der Waals surface area (Å²) < 4.78 is 10.2. The predicted molar refractivity (Wildman–Crippen MR) is 196 cm³/mol. The molecule has 0 aliphatic heterocycles. The molecule has 0 heterocycles. The zero-order valence-electron chi connectivity index (χ0n) is 30.3. The highest BCUT2D eigenvalue weighted by atomic mass is 16.5. The Morgan fingerprint density at radius 3 is 1.60 bits per heavy atom. The van der Waals surface area contributed by atoms with Crippen LogP contribution in [-0.2, 0) is 20.9 Å². The number of ketones is 1. The first-order valence-corrected chi connectivity index (χ1v) is 19.0. The van der Waals surface area contributed by atoms with Gasteiger partial charge in [0.25, 0.3) is 12.4 Å². The number of nitrogens with one attached hydrogen (secondary N) is 1. The number of ether oxygens (including phenoxy) is 2. The van der Waals surface area contributed by atoms with E-state index in [0.717, 1.165) is 38.5 Å². The maximum Gasteiger partial charge on any atom is 0.338 e. The van der Waals surface area contributed by atoms with Crippen LogP contribution in [0.4, 0.5) is 0 Å². The zero-order chi connectivity index (χ0) is 34.8. The summed E-state index contributed by atoms with van der Waals surface area (Å²) in [4.78, 5) is 51.2. The fraction of sp³-hybridized carbons (Fsp3) is 0.659. The van der Waals surface area contributed by atoms with E-state index < -0.39 is 5.97 Å². The lowest BCUT2D eigenvalue weighted by Gasteiger charge is -2.17. The van der Waals surface area contributed by atoms with Gasteiger partial charge < -0.3 is 14.8 Å². The molecule has 7 nitrogen and oxygen atoms in total. The topological polar surface area (TPSA) is 98.8 Å². The molecule has 1 amide bonds. The number of hydrogen-bond donors (Lipinski definition) is 1. The molecule has 7 heteroatoms. The molecule has 268 valence electrons. The highest BCUT2D eigenvalue weighted by molar-refractivity contribution is 6.20. The molecule has 2 rings (SSSR count). The van der Waals surface area contributed by atoms with Crippen molar-refractivity contribution < 1.29 is 28.7 Å². The maximum atomic E-state index is 13.6. The Morgan fingerprint density at radius 2 is 1.08 bits per heavy atom. The normalized spacial score (nSPS) is 11.1. The summed E-state index contributed by atoms with van der Waals surface area (Å²) in [5.41, 5.74) is 1.50. The second-order valence-corrected chi connectivity index (χ2v) is 13.2. The van der Waals surface area contributed by atoms with Crippen LogP contribution in [0.2, 0.25) is 0 Å². The van der Waals surface area contributed by atoms with Crippen molar-refractivity contribution in [2.45, 2.75) is 162 Å². The minimum atomic E-state index is -0.588. The number of fused-ring (bicyclic) bond motifs is 1. The first kappa shape index (κ1) is 41.0. The molecule has 2 aromatic rings. The summed E-state index contributed by atoms with van der Waals surface area (Å²) >= 11 is 0. The van der Waals surface area contributed by atoms with E-state index in [4.69, 9.17) is 9.47 Å². The van der Waals surface area contributed by atoms with Crippen molar-refractivity contribution in [1.29, 1.82) is 0 Å². The Morgan fingerprint density at radius 1 is 0.604 bits per heavy atom. The highest BCUT2D eigenvalue weighted by Crippen LogP contribution is 2.32. The van der Waals surface area contributed by atoms with Gasteiger partial charge in [-0.15, -0.1) is 0 Å². The summed E-state index contributed by atoms with van der Waals surface area (Å²) in [6, 6.07) is 6.57. The third kappa shape index (κ3) is 14.9. The van der Waals surface area contributed by atoms with Gasteiger partial charge in [-0.05, 0) is 30.5 Å². The van der Waals surface area contributed by atoms with Crippen molar-refractivity contribution in [3.63, 3.8) is 0 Å². The summed E-state index contributed by atoms with van der Waals surface area (Å²) in [5, 5.41) is 3.87. The van der Waals surface area contributed by atoms with Gasteiger partial charge in [0, 0.05) is 34.9 Å². The monoisotopic (exact) mass is 665 g/mol. The van der Waals surface area contributed by atoms with Gasteiger partial charge in [-0.3, -0.25) is 14.4 Å². The Balaban J connectivity index is 2.09. The van der Waals surface area contributed by atoms with Crippen molar-refractivity contribution in [1.82, 2.24) is 5.32 Å². The predicted octanol–water partition coefficient (Wildman–Crippen LogP) is 10.8. The van der Waals surface area contributed by atoms with Crippen LogP contribution in [0.25, 0.3) is 10.8 Å². The molecule has 0 fully saturated rings. The summed E-state index contributed by atoms with van der Waals surface area (Å²) in [5.74, 6) is -0.948. The van der Waals surface area contributed by atoms with Crippen molar-refractivity contribution in [2.24, 2.45) is 0 Å². The van der Waals surface area contributed by atoms with Crippen LogP contribution in [0.1, 0.15) is 192 Å². The van der Waals surface area contributed by atoms with Crippen LogP contribution in [0, 0.1) is 0 Å². The van der Waals surface area contributed by atoms with Crippen molar-refractivity contribution in [3.8, 4) is 0 Å². The number of hydrogen-bond acceptors (Lipinski definition) is 6. The number of methoxy groups -OCH3 is 1. The lowest BCUT2D eigenvalue weighted by molar-refractivity contribution is -0.129. The third-order valence-electron chi connectivity index (χ3n) is 9.33. The summed E-state index contributed by atoms with van der Waals surface area (Å²) in [6.45, 7) is 5.27. The average molecular weight is 666 g/mol. The van der Waals surface area contributed by atoms with E-state index in [1.807, 2.05) is 0 Å². The number of unbranched alkanes of at least 4 members (excludes halogenated alkanes) is 19. The lowest BCUT2D eigenvalue weighted by atomic mass is 9.89. The van der Waals surface area contributed by atoms with Gasteiger partial charge in [0.05, 0.1) is 12.7 Å². The van der Waals surface area contributed by atoms with Gasteiger partial charge in [0.1, 0.15) is 6.61 Å². The number of carbonyl (C=O) groups excluding carboxylic acids is 4. The van der Waals surface area contributed by atoms with Crippen LogP contribution in [0.3, 0.4) is 0 Å². The van der Waals surface area contributed by atoms with E-state index in [0.29, 0.717) is 46.9 Å². The molecule has 0 aromatic heterocycles. The Labute approximate surface area is 290 Å². The lowest BCUT2D eigenvalue weighted by Crippen LogP contribution is -2.25. The number of amides is 1. The Bertz CT molecular complexity index is 1240. The standard InChI is InChI=1S/C41H63NO6/c1-4-6-8-10-12-14-16-17-19-21-23-25-37(44)34-27-26-33(31-48-32-43)38-35(28-29-36(39(34)38)41(46)47-3)40(45)42-30-24-22-20-18-15-13-11-9-7-5-2/h26-29,32H,4-25,30-31H2,1-3H3,(H,42,45). The molecular formula is C41H63NO6. The molecule has 0 bridgehead atoms. The van der Waals surface area contributed by atoms with Gasteiger partial charge in [-0.25, -0.2) is 4.79 Å². The molecular weight excluding hydrogens is 602 g/mol. The van der Waals surface area contributed by atoms with Crippen molar-refractivity contribution >= 4 is 34.9 Å². The molecule has 0 radical (unpaired) electrons. The molecule has 0 aliphatic carbocycles. The number of Topliss-reactive ketones (excluding diaryl/α,β-unsaturated/α-hetero) is 1. The van der Waals surface area contributed by atoms with Gasteiger partial charge in [-0.1, -0.05) is 148 Å². The fourth-order valence-electron chi connectivity index (χ4n) is 6.51. The molecule has 0 spiro atoms. The van der Waals surface area contributed by atoms with E-state index in [9.17, 15) is 19.2 Å². The smallest absolute Gasteiger partial charge is 0.338 e. The molecule has 0 saturated heterocycles. The summed E-state index contributed by atoms with van der Waals surface area (Å²) in [6.07, 6.45) is 25.5. The Hall–Kier alpha value is -3.22. The zero-order valence-corrected chi connectivity index (χ0v) is 30.3. The van der Waals surface area contributed by atoms with Crippen LogP contribution in [-0.4, -0.2) is 37.8 Å². The van der Waals surface area contributed by atoms with Gasteiger partial charge in [-0.2, -0.15) is 0 Å². The SMILES string of the molecule is CCCCCCCCCCCCCC(=O)c1ccc(COC=O)c2c(C(=O)NCCCCCCCCCCCC)ccc(C(=O)OC)c12. The molecule has 0 unspecified atom stereocenters. The molecule has 1 N–H and O–H groups in total. The van der Waals surface area contributed by atoms with E-state index in [2.05, 4.69) is 19.2 Å². The molecule has 2 aromatic carbocycles. The summed E-state index contributed by atoms with van der Waals surface area (Å²) in [7, 11) is 1.30. The average Bonchev–Trinajstić information content (AvgIpc) is 3.10. The molecule has 0 atom stereocenters. The highest BCUT2D eigenvalue weighted by Gasteiger charge is 2.24. The van der Waals surface area contributed by atoms with Gasteiger partial charge in [0.2, 0.25) is 0 Å². The van der Waals surface area contributed by atoms with Crippen LogP contribution < -0.4 is 5.32 Å². The van der Waals surface area contributed by atoms with E-state index in [-0.39, 0.29) is 23.9 Å². The minimum absolute atomic E-state index is 0.0770. The van der Waals surface area contributed by atoms with Crippen LogP contribution in [0.15, 0.2) is 24.3 Å². The molecule has 48 heavy (non-hydrogen) atoms.